The molecular formula is C13H13NO3S. The summed E-state index contributed by atoms with van der Waals surface area (Å²) < 4.78 is 23.4. The maximum absolute atomic E-state index is 11.7. The normalized spacial score (nSPS) is 10.1. The number of rotatable bonds is 3. The number of sulfonamides is 1. The Hall–Kier alpha value is -2.06. The SMILES string of the molecule is C=CCN(C(=O)C#Cc1ccccc1)S(C)(=O)=O. The average molecular weight is 263 g/mol. The molecule has 1 amide bonds. The van der Waals surface area contributed by atoms with Crippen molar-refractivity contribution >= 4 is 15.9 Å². The minimum absolute atomic E-state index is 0.0822. The number of hydrogen-bond acceptors (Lipinski definition) is 3. The average Bonchev–Trinajstić information content (AvgIpc) is 2.33. The monoisotopic (exact) mass is 263 g/mol. The maximum Gasteiger partial charge on any atom is 0.312 e. The van der Waals surface area contributed by atoms with Crippen LogP contribution in [0.25, 0.3) is 0 Å². The van der Waals surface area contributed by atoms with E-state index in [1.807, 2.05) is 6.07 Å². The van der Waals surface area contributed by atoms with Gasteiger partial charge in [0.15, 0.2) is 0 Å². The van der Waals surface area contributed by atoms with Crippen LogP contribution < -0.4 is 0 Å². The molecule has 4 nitrogen and oxygen atoms in total. The highest BCUT2D eigenvalue weighted by Crippen LogP contribution is 1.99. The predicted molar refractivity (Wildman–Crippen MR) is 70.1 cm³/mol. The van der Waals surface area contributed by atoms with Gasteiger partial charge in [-0.15, -0.1) is 6.58 Å². The molecule has 1 rings (SSSR count). The molecule has 0 aliphatic carbocycles. The summed E-state index contributed by atoms with van der Waals surface area (Å²) in [4.78, 5) is 11.7. The molecule has 0 heterocycles. The van der Waals surface area contributed by atoms with Crippen molar-refractivity contribution in [3.63, 3.8) is 0 Å². The van der Waals surface area contributed by atoms with Crippen molar-refractivity contribution in [3.8, 4) is 11.8 Å². The van der Waals surface area contributed by atoms with Gasteiger partial charge in [-0.05, 0) is 12.1 Å². The van der Waals surface area contributed by atoms with Crippen molar-refractivity contribution in [2.75, 3.05) is 12.8 Å². The molecular weight excluding hydrogens is 250 g/mol. The first-order chi connectivity index (χ1) is 8.45. The lowest BCUT2D eigenvalue weighted by Gasteiger charge is -2.14. The second-order valence-electron chi connectivity index (χ2n) is 3.50. The van der Waals surface area contributed by atoms with E-state index in [0.29, 0.717) is 9.87 Å². The van der Waals surface area contributed by atoms with E-state index in [1.54, 1.807) is 24.3 Å². The molecule has 0 radical (unpaired) electrons. The van der Waals surface area contributed by atoms with E-state index in [0.717, 1.165) is 6.26 Å². The van der Waals surface area contributed by atoms with Gasteiger partial charge in [0.05, 0.1) is 12.8 Å². The van der Waals surface area contributed by atoms with Gasteiger partial charge >= 0.3 is 5.91 Å². The Morgan fingerprint density at radius 2 is 2.00 bits per heavy atom. The van der Waals surface area contributed by atoms with Crippen LogP contribution >= 0.6 is 0 Å². The van der Waals surface area contributed by atoms with Gasteiger partial charge in [0.25, 0.3) is 0 Å². The van der Waals surface area contributed by atoms with Crippen molar-refractivity contribution in [1.82, 2.24) is 4.31 Å². The second kappa shape index (κ2) is 6.03. The summed E-state index contributed by atoms with van der Waals surface area (Å²) in [6, 6.07) is 8.86. The van der Waals surface area contributed by atoms with Crippen LogP contribution in [-0.4, -0.2) is 31.4 Å². The van der Waals surface area contributed by atoms with Crippen molar-refractivity contribution < 1.29 is 13.2 Å². The fourth-order valence-electron chi connectivity index (χ4n) is 1.20. The Kier molecular flexibility index (Phi) is 4.69. The quantitative estimate of drug-likeness (QED) is 0.604. The first kappa shape index (κ1) is 14.0. The Morgan fingerprint density at radius 1 is 1.39 bits per heavy atom. The topological polar surface area (TPSA) is 54.5 Å². The highest BCUT2D eigenvalue weighted by atomic mass is 32.2. The molecule has 18 heavy (non-hydrogen) atoms. The summed E-state index contributed by atoms with van der Waals surface area (Å²) in [7, 11) is -3.62. The zero-order chi connectivity index (χ0) is 13.6. The number of carbonyl (C=O) groups excluding carboxylic acids is 1. The van der Waals surface area contributed by atoms with Crippen LogP contribution in [0.1, 0.15) is 5.56 Å². The molecule has 0 saturated carbocycles. The molecule has 5 heteroatoms. The third-order valence-corrected chi connectivity index (χ3v) is 3.12. The second-order valence-corrected chi connectivity index (χ2v) is 5.41. The minimum atomic E-state index is -3.62. The molecule has 0 N–H and O–H groups in total. The molecule has 1 aromatic carbocycles. The summed E-state index contributed by atoms with van der Waals surface area (Å²) in [6.07, 6.45) is 2.29. The number of nitrogens with zero attached hydrogens (tertiary/aromatic N) is 1. The molecule has 0 aliphatic rings. The van der Waals surface area contributed by atoms with Crippen LogP contribution in [0.5, 0.6) is 0 Å². The van der Waals surface area contributed by atoms with Gasteiger partial charge in [0, 0.05) is 11.5 Å². The van der Waals surface area contributed by atoms with Gasteiger partial charge in [0.2, 0.25) is 10.0 Å². The third kappa shape index (κ3) is 4.07. The lowest BCUT2D eigenvalue weighted by Crippen LogP contribution is -2.35. The van der Waals surface area contributed by atoms with E-state index < -0.39 is 15.9 Å². The van der Waals surface area contributed by atoms with E-state index in [2.05, 4.69) is 18.4 Å². The summed E-state index contributed by atoms with van der Waals surface area (Å²) in [5, 5.41) is 0. The smallest absolute Gasteiger partial charge is 0.258 e. The Balaban J connectivity index is 2.94. The van der Waals surface area contributed by atoms with Crippen molar-refractivity contribution in [3.05, 3.63) is 48.6 Å². The van der Waals surface area contributed by atoms with Crippen molar-refractivity contribution in [1.29, 1.82) is 0 Å². The summed E-state index contributed by atoms with van der Waals surface area (Å²) in [5.41, 5.74) is 0.651. The fraction of sp³-hybridized carbons (Fsp3) is 0.154. The van der Waals surface area contributed by atoms with Gasteiger partial charge in [-0.1, -0.05) is 30.2 Å². The van der Waals surface area contributed by atoms with Crippen molar-refractivity contribution in [2.45, 2.75) is 0 Å². The molecule has 0 spiro atoms. The van der Waals surface area contributed by atoms with Crippen LogP contribution in [0.3, 0.4) is 0 Å². The first-order valence-corrected chi connectivity index (χ1v) is 6.99. The van der Waals surface area contributed by atoms with E-state index >= 15 is 0 Å². The molecule has 0 aliphatic heterocycles. The highest BCUT2D eigenvalue weighted by Gasteiger charge is 2.19. The van der Waals surface area contributed by atoms with Crippen LogP contribution in [0.2, 0.25) is 0 Å². The van der Waals surface area contributed by atoms with E-state index in [9.17, 15) is 13.2 Å². The van der Waals surface area contributed by atoms with E-state index in [-0.39, 0.29) is 6.54 Å². The van der Waals surface area contributed by atoms with Gasteiger partial charge in [-0.3, -0.25) is 4.79 Å². The van der Waals surface area contributed by atoms with Crippen molar-refractivity contribution in [2.24, 2.45) is 0 Å². The van der Waals surface area contributed by atoms with Crippen LogP contribution in [0.15, 0.2) is 43.0 Å². The molecule has 0 unspecified atom stereocenters. The Bertz CT molecular complexity index is 594. The van der Waals surface area contributed by atoms with Gasteiger partial charge < -0.3 is 0 Å². The van der Waals surface area contributed by atoms with Crippen LogP contribution in [0.4, 0.5) is 0 Å². The maximum atomic E-state index is 11.7. The number of hydrogen-bond donors (Lipinski definition) is 0. The lowest BCUT2D eigenvalue weighted by atomic mass is 10.2. The molecule has 0 fully saturated rings. The number of benzene rings is 1. The Morgan fingerprint density at radius 3 is 2.50 bits per heavy atom. The summed E-state index contributed by atoms with van der Waals surface area (Å²) >= 11 is 0. The fourth-order valence-corrected chi connectivity index (χ4v) is 1.92. The summed E-state index contributed by atoms with van der Waals surface area (Å²) in [6.45, 7) is 3.33. The first-order valence-electron chi connectivity index (χ1n) is 5.15. The zero-order valence-corrected chi connectivity index (χ0v) is 10.8. The predicted octanol–water partition coefficient (Wildman–Crippen LogP) is 1.01. The lowest BCUT2D eigenvalue weighted by molar-refractivity contribution is -0.120. The molecule has 0 saturated heterocycles. The number of carbonyl (C=O) groups is 1. The standard InChI is InChI=1S/C13H13NO3S/c1-3-11-14(18(2,16)17)13(15)10-9-12-7-5-4-6-8-12/h3-8H,1,11H2,2H3. The Labute approximate surface area is 107 Å². The highest BCUT2D eigenvalue weighted by molar-refractivity contribution is 7.88. The van der Waals surface area contributed by atoms with E-state index in [1.165, 1.54) is 6.08 Å². The molecule has 0 bridgehead atoms. The summed E-state index contributed by atoms with van der Waals surface area (Å²) in [5.74, 6) is 4.15. The van der Waals surface area contributed by atoms with E-state index in [4.69, 9.17) is 0 Å². The molecule has 0 atom stereocenters. The molecule has 0 aromatic heterocycles. The van der Waals surface area contributed by atoms with Crippen LogP contribution in [-0.2, 0) is 14.8 Å². The molecule has 94 valence electrons. The molecule has 1 aromatic rings. The minimum Gasteiger partial charge on any atom is -0.258 e. The van der Waals surface area contributed by atoms with Gasteiger partial charge in [-0.2, -0.15) is 0 Å². The van der Waals surface area contributed by atoms with Gasteiger partial charge in [0.1, 0.15) is 0 Å². The largest absolute Gasteiger partial charge is 0.312 e. The van der Waals surface area contributed by atoms with Crippen LogP contribution in [0, 0.1) is 11.8 Å². The zero-order valence-electron chi connectivity index (χ0n) is 9.96. The third-order valence-electron chi connectivity index (χ3n) is 2.01. The van der Waals surface area contributed by atoms with Gasteiger partial charge in [-0.25, -0.2) is 12.7 Å². The number of amides is 1.